The van der Waals surface area contributed by atoms with Crippen LogP contribution in [0.1, 0.15) is 0 Å². The molecule has 0 aliphatic rings. The van der Waals surface area contributed by atoms with Crippen molar-refractivity contribution in [2.75, 3.05) is 16.4 Å². The molecule has 0 heterocycles. The molecule has 60 valence electrons. The Labute approximate surface area is 70.5 Å². The fourth-order valence-electron chi connectivity index (χ4n) is 0.787. The van der Waals surface area contributed by atoms with Crippen molar-refractivity contribution in [2.45, 2.75) is 0 Å². The van der Waals surface area contributed by atoms with Gasteiger partial charge in [-0.15, -0.1) is 0 Å². The zero-order valence-electron chi connectivity index (χ0n) is 6.32. The Bertz CT molecular complexity index is 239. The summed E-state index contributed by atoms with van der Waals surface area (Å²) in [6.07, 6.45) is 1.90. The van der Waals surface area contributed by atoms with Crippen LogP contribution in [0.5, 0.6) is 0 Å². The first-order valence-corrected chi connectivity index (χ1v) is 4.37. The number of hydrogen-bond acceptors (Lipinski definition) is 4. The number of para-hydroxylation sites is 2. The van der Waals surface area contributed by atoms with Crippen LogP contribution in [0.2, 0.25) is 0 Å². The lowest BCUT2D eigenvalue weighted by molar-refractivity contribution is 1.21. The van der Waals surface area contributed by atoms with Crippen LogP contribution in [-0.4, -0.2) is 6.26 Å². The van der Waals surface area contributed by atoms with Gasteiger partial charge in [-0.1, -0.05) is 12.1 Å². The van der Waals surface area contributed by atoms with Gasteiger partial charge in [-0.05, 0) is 24.1 Å². The van der Waals surface area contributed by atoms with Gasteiger partial charge in [-0.25, -0.2) is 5.84 Å². The highest BCUT2D eigenvalue weighted by Crippen LogP contribution is 2.23. The van der Waals surface area contributed by atoms with Crippen LogP contribution in [0.4, 0.5) is 11.4 Å². The van der Waals surface area contributed by atoms with Crippen LogP contribution in [-0.2, 0) is 0 Å². The Balaban J connectivity index is 2.93. The summed E-state index contributed by atoms with van der Waals surface area (Å²) in [5.74, 6) is 5.61. The first-order valence-electron chi connectivity index (χ1n) is 3.19. The third kappa shape index (κ3) is 1.78. The van der Waals surface area contributed by atoms with Gasteiger partial charge in [-0.3, -0.25) is 4.41 Å². The summed E-state index contributed by atoms with van der Waals surface area (Å²) >= 11 is 1.42. The summed E-state index contributed by atoms with van der Waals surface area (Å²) < 4.78 is 1.54. The number of rotatable bonds is 2. The summed E-state index contributed by atoms with van der Waals surface area (Å²) in [4.78, 5) is 0. The lowest BCUT2D eigenvalue weighted by Gasteiger charge is -2.15. The quantitative estimate of drug-likeness (QED) is 0.302. The number of benzene rings is 1. The van der Waals surface area contributed by atoms with E-state index >= 15 is 0 Å². The SMILES string of the molecule is CSN(N)c1ccccc1N. The van der Waals surface area contributed by atoms with Crippen LogP contribution < -0.4 is 16.0 Å². The second-order valence-corrected chi connectivity index (χ2v) is 2.83. The second-order valence-electron chi connectivity index (χ2n) is 2.07. The molecule has 0 amide bonds. The summed E-state index contributed by atoms with van der Waals surface area (Å²) in [5, 5.41) is 0. The molecule has 1 rings (SSSR count). The van der Waals surface area contributed by atoms with E-state index < -0.39 is 0 Å². The predicted molar refractivity (Wildman–Crippen MR) is 51.0 cm³/mol. The molecule has 0 bridgehead atoms. The van der Waals surface area contributed by atoms with Crippen molar-refractivity contribution in [3.8, 4) is 0 Å². The molecule has 0 aliphatic carbocycles. The minimum Gasteiger partial charge on any atom is -0.397 e. The maximum atomic E-state index is 5.66. The highest BCUT2D eigenvalue weighted by Gasteiger charge is 2.01. The summed E-state index contributed by atoms with van der Waals surface area (Å²) in [6, 6.07) is 7.49. The summed E-state index contributed by atoms with van der Waals surface area (Å²) in [7, 11) is 0. The molecule has 1 aromatic rings. The molecule has 11 heavy (non-hydrogen) atoms. The normalized spacial score (nSPS) is 9.64. The van der Waals surface area contributed by atoms with Gasteiger partial charge >= 0.3 is 0 Å². The average Bonchev–Trinajstić information content (AvgIpc) is 2.04. The van der Waals surface area contributed by atoms with Gasteiger partial charge in [0.2, 0.25) is 0 Å². The minimum absolute atomic E-state index is 0.698. The van der Waals surface area contributed by atoms with E-state index in [-0.39, 0.29) is 0 Å². The lowest BCUT2D eigenvalue weighted by Crippen LogP contribution is -2.22. The van der Waals surface area contributed by atoms with Crippen molar-refractivity contribution in [3.63, 3.8) is 0 Å². The highest BCUT2D eigenvalue weighted by molar-refractivity contribution is 7.99. The van der Waals surface area contributed by atoms with Crippen LogP contribution in [0.25, 0.3) is 0 Å². The third-order valence-electron chi connectivity index (χ3n) is 1.37. The highest BCUT2D eigenvalue weighted by atomic mass is 32.2. The fraction of sp³-hybridized carbons (Fsp3) is 0.143. The number of nitrogens with two attached hydrogens (primary N) is 2. The van der Waals surface area contributed by atoms with E-state index in [4.69, 9.17) is 11.6 Å². The van der Waals surface area contributed by atoms with Crippen molar-refractivity contribution < 1.29 is 0 Å². The zero-order chi connectivity index (χ0) is 8.27. The average molecular weight is 169 g/mol. The molecule has 1 aromatic carbocycles. The van der Waals surface area contributed by atoms with Crippen molar-refractivity contribution in [1.29, 1.82) is 0 Å². The fourth-order valence-corrected chi connectivity index (χ4v) is 1.15. The third-order valence-corrected chi connectivity index (χ3v) is 1.96. The maximum absolute atomic E-state index is 5.66. The van der Waals surface area contributed by atoms with E-state index in [1.807, 2.05) is 30.5 Å². The molecule has 0 fully saturated rings. The Morgan fingerprint density at radius 1 is 1.36 bits per heavy atom. The van der Waals surface area contributed by atoms with Gasteiger partial charge in [0.15, 0.2) is 0 Å². The van der Waals surface area contributed by atoms with Gasteiger partial charge in [0.05, 0.1) is 11.4 Å². The molecule has 0 aromatic heterocycles. The Kier molecular flexibility index (Phi) is 2.62. The molecular formula is C7H11N3S. The first kappa shape index (κ1) is 8.23. The molecule has 0 unspecified atom stereocenters. The van der Waals surface area contributed by atoms with E-state index in [0.717, 1.165) is 5.69 Å². The molecule has 4 heteroatoms. The number of nitrogen functional groups attached to an aromatic ring is 1. The maximum Gasteiger partial charge on any atom is 0.0873 e. The second kappa shape index (κ2) is 3.50. The summed E-state index contributed by atoms with van der Waals surface area (Å²) in [5.41, 5.74) is 7.21. The first-order chi connectivity index (χ1) is 5.25. The smallest absolute Gasteiger partial charge is 0.0873 e. The van der Waals surface area contributed by atoms with Gasteiger partial charge < -0.3 is 5.73 Å². The Morgan fingerprint density at radius 2 is 2.00 bits per heavy atom. The zero-order valence-corrected chi connectivity index (χ0v) is 7.14. The van der Waals surface area contributed by atoms with E-state index in [2.05, 4.69) is 0 Å². The minimum atomic E-state index is 0.698. The monoisotopic (exact) mass is 169 g/mol. The van der Waals surface area contributed by atoms with E-state index in [9.17, 15) is 0 Å². The van der Waals surface area contributed by atoms with Crippen molar-refractivity contribution in [3.05, 3.63) is 24.3 Å². The van der Waals surface area contributed by atoms with Crippen molar-refractivity contribution in [1.82, 2.24) is 0 Å². The van der Waals surface area contributed by atoms with Gasteiger partial charge in [-0.2, -0.15) is 0 Å². The Morgan fingerprint density at radius 3 is 2.55 bits per heavy atom. The van der Waals surface area contributed by atoms with Crippen LogP contribution in [0.15, 0.2) is 24.3 Å². The molecule has 4 N–H and O–H groups in total. The standard InChI is InChI=1S/C7H11N3S/c1-11-10(9)7-5-3-2-4-6(7)8/h2-5H,8-9H2,1H3. The predicted octanol–water partition coefficient (Wildman–Crippen LogP) is 1.23. The molecule has 0 atom stereocenters. The van der Waals surface area contributed by atoms with E-state index in [1.54, 1.807) is 0 Å². The van der Waals surface area contributed by atoms with Crippen LogP contribution in [0, 0.1) is 0 Å². The van der Waals surface area contributed by atoms with Gasteiger partial charge in [0.25, 0.3) is 0 Å². The van der Waals surface area contributed by atoms with E-state index in [0.29, 0.717) is 5.69 Å². The molecule has 3 nitrogen and oxygen atoms in total. The van der Waals surface area contributed by atoms with E-state index in [1.165, 1.54) is 16.4 Å². The van der Waals surface area contributed by atoms with Gasteiger partial charge in [0, 0.05) is 6.26 Å². The topological polar surface area (TPSA) is 55.3 Å². The summed E-state index contributed by atoms with van der Waals surface area (Å²) in [6.45, 7) is 0. The lowest BCUT2D eigenvalue weighted by atomic mass is 10.3. The van der Waals surface area contributed by atoms with Crippen molar-refractivity contribution in [2.24, 2.45) is 5.84 Å². The van der Waals surface area contributed by atoms with Crippen molar-refractivity contribution >= 4 is 23.3 Å². The number of anilines is 2. The molecule has 0 aliphatic heterocycles. The molecule has 0 saturated carbocycles. The molecule has 0 spiro atoms. The van der Waals surface area contributed by atoms with Crippen LogP contribution >= 0.6 is 11.9 Å². The largest absolute Gasteiger partial charge is 0.397 e. The number of hydrazine groups is 1. The Hall–Kier alpha value is -0.870. The number of nitrogens with zero attached hydrogens (tertiary/aromatic N) is 1. The molecule has 0 radical (unpaired) electrons. The molecular weight excluding hydrogens is 158 g/mol. The molecule has 0 saturated heterocycles. The van der Waals surface area contributed by atoms with Gasteiger partial charge in [0.1, 0.15) is 0 Å². The number of hydrogen-bond donors (Lipinski definition) is 2. The van der Waals surface area contributed by atoms with Crippen LogP contribution in [0.3, 0.4) is 0 Å².